The molecule has 2 saturated heterocycles. The minimum absolute atomic E-state index is 0.218. The molecular formula is C81H141NO13. The van der Waals surface area contributed by atoms with Gasteiger partial charge in [-0.1, -0.05) is 329 Å². The molecule has 9 N–H and O–H groups in total. The van der Waals surface area contributed by atoms with Crippen molar-refractivity contribution >= 4 is 5.91 Å². The predicted octanol–water partition coefficient (Wildman–Crippen LogP) is 17.1. The summed E-state index contributed by atoms with van der Waals surface area (Å²) >= 11 is 0. The number of hydrogen-bond donors (Lipinski definition) is 9. The van der Waals surface area contributed by atoms with Gasteiger partial charge in [0.2, 0.25) is 5.91 Å². The van der Waals surface area contributed by atoms with E-state index in [2.05, 4.69) is 129 Å². The van der Waals surface area contributed by atoms with Gasteiger partial charge in [0.05, 0.1) is 32.0 Å². The van der Waals surface area contributed by atoms with Crippen LogP contribution in [0.25, 0.3) is 0 Å². The molecule has 1 amide bonds. The third kappa shape index (κ3) is 47.4. The van der Waals surface area contributed by atoms with E-state index in [0.717, 1.165) is 83.5 Å². The van der Waals surface area contributed by atoms with E-state index in [1.807, 2.05) is 0 Å². The van der Waals surface area contributed by atoms with Gasteiger partial charge >= 0.3 is 0 Å². The third-order valence-electron chi connectivity index (χ3n) is 18.3. The van der Waals surface area contributed by atoms with Crippen molar-refractivity contribution in [2.75, 3.05) is 19.8 Å². The van der Waals surface area contributed by atoms with Gasteiger partial charge in [0, 0.05) is 6.42 Å². The van der Waals surface area contributed by atoms with E-state index in [1.165, 1.54) is 180 Å². The van der Waals surface area contributed by atoms with Crippen LogP contribution in [0.3, 0.4) is 0 Å². The number of rotatable bonds is 63. The Balaban J connectivity index is 1.67. The molecule has 0 spiro atoms. The molecule has 2 fully saturated rings. The van der Waals surface area contributed by atoms with E-state index in [4.69, 9.17) is 18.9 Å². The molecule has 0 radical (unpaired) electrons. The number of unbranched alkanes of at least 4 members (excludes halogenated alkanes) is 32. The van der Waals surface area contributed by atoms with Gasteiger partial charge in [0.1, 0.15) is 48.8 Å². The highest BCUT2D eigenvalue weighted by molar-refractivity contribution is 5.76. The van der Waals surface area contributed by atoms with E-state index in [1.54, 1.807) is 0 Å². The fraction of sp³-hybridized carbons (Fsp3) is 0.765. The van der Waals surface area contributed by atoms with Gasteiger partial charge in [-0.05, 0) is 77.0 Å². The minimum Gasteiger partial charge on any atom is -0.394 e. The summed E-state index contributed by atoms with van der Waals surface area (Å²) in [5, 5.41) is 87.7. The van der Waals surface area contributed by atoms with Gasteiger partial charge in [0.25, 0.3) is 0 Å². The van der Waals surface area contributed by atoms with Crippen LogP contribution in [0.15, 0.2) is 109 Å². The Morgan fingerprint density at radius 3 is 1.07 bits per heavy atom. The van der Waals surface area contributed by atoms with Crippen LogP contribution in [0.1, 0.15) is 303 Å². The van der Waals surface area contributed by atoms with Crippen LogP contribution in [-0.4, -0.2) is 140 Å². The number of ether oxygens (including phenoxy) is 4. The number of nitrogens with one attached hydrogen (secondary N) is 1. The number of amides is 1. The molecule has 0 bridgehead atoms. The van der Waals surface area contributed by atoms with Gasteiger partial charge in [-0.3, -0.25) is 4.79 Å². The van der Waals surface area contributed by atoms with E-state index >= 15 is 0 Å². The Kier molecular flexibility index (Phi) is 59.2. The lowest BCUT2D eigenvalue weighted by Gasteiger charge is -2.46. The first-order chi connectivity index (χ1) is 46.6. The lowest BCUT2D eigenvalue weighted by Crippen LogP contribution is -2.65. The first-order valence-electron chi connectivity index (χ1n) is 38.6. The van der Waals surface area contributed by atoms with Crippen LogP contribution in [0, 0.1) is 0 Å². The van der Waals surface area contributed by atoms with Crippen LogP contribution in [0.2, 0.25) is 0 Å². The maximum Gasteiger partial charge on any atom is 0.220 e. The first kappa shape index (κ1) is 87.7. The molecule has 0 saturated carbocycles. The molecule has 95 heavy (non-hydrogen) atoms. The Morgan fingerprint density at radius 1 is 0.389 bits per heavy atom. The fourth-order valence-corrected chi connectivity index (χ4v) is 12.2. The average molecular weight is 1340 g/mol. The highest BCUT2D eigenvalue weighted by Gasteiger charge is 2.51. The largest absolute Gasteiger partial charge is 0.394 e. The Hall–Kier alpha value is -3.35. The van der Waals surface area contributed by atoms with Gasteiger partial charge in [0.15, 0.2) is 12.6 Å². The molecule has 2 heterocycles. The Labute approximate surface area is 578 Å². The first-order valence-corrected chi connectivity index (χ1v) is 38.6. The zero-order valence-corrected chi connectivity index (χ0v) is 59.9. The standard InChI is InChI=1S/C81H141NO13/c1-3-5-7-9-11-13-15-17-19-21-23-25-27-29-31-33-34-35-37-38-40-42-44-46-48-50-52-54-56-58-60-62-64-70(85)69(68-92-80-78(91)76(89)79(72(67-84)94-80)95-81-77(90)75(88)74(87)71(66-83)93-81)82-73(86)65-63-61-59-57-55-53-51-49-47-45-43-41-39-36-32-30-28-26-24-22-20-18-16-14-12-10-8-6-4-2/h6,8,12,14,18,20,24,26,30,32,39,41,45,47,51,53,57,59,69-72,74-81,83-85,87-91H,3-5,7,9-11,13,15-17,19,21-23,25,27-29,31,33-38,40,42-44,46,48-50,52,54-56,58,60-68H2,1-2H3,(H,82,86)/b8-6-,14-12-,20-18-,26-24-,32-30-,41-39-,47-45-,53-51-,59-57-. The number of hydrogen-bond acceptors (Lipinski definition) is 13. The molecular weight excluding hydrogens is 1190 g/mol. The van der Waals surface area contributed by atoms with E-state index in [-0.39, 0.29) is 18.9 Å². The summed E-state index contributed by atoms with van der Waals surface area (Å²) in [7, 11) is 0. The minimum atomic E-state index is -1.80. The van der Waals surface area contributed by atoms with Crippen molar-refractivity contribution in [3.05, 3.63) is 109 Å². The number of carbonyl (C=O) groups is 1. The van der Waals surface area contributed by atoms with Crippen molar-refractivity contribution in [3.63, 3.8) is 0 Å². The molecule has 14 heteroatoms. The molecule has 0 aromatic carbocycles. The topological polar surface area (TPSA) is 228 Å². The zero-order chi connectivity index (χ0) is 68.7. The SMILES string of the molecule is CC/C=C\C/C=C\C/C=C\C/C=C\C/C=C\C/C=C\C/C=C\C/C=C\C/C=C\CCCC(=O)NC(COC1OC(CO)C(OC2OC(CO)C(O)C(O)C2O)C(O)C1O)C(O)CCCCCCCCCCCCCCCCCCCCCCCCCCCCCCCCCC. The number of aliphatic hydroxyl groups excluding tert-OH is 8. The molecule has 14 nitrogen and oxygen atoms in total. The second-order valence-electron chi connectivity index (χ2n) is 26.8. The molecule has 2 rings (SSSR count). The summed E-state index contributed by atoms with van der Waals surface area (Å²) in [6, 6.07) is -0.870. The van der Waals surface area contributed by atoms with Gasteiger partial charge in [-0.15, -0.1) is 0 Å². The van der Waals surface area contributed by atoms with Gasteiger partial charge in [-0.2, -0.15) is 0 Å². The molecule has 0 aromatic rings. The van der Waals surface area contributed by atoms with Crippen molar-refractivity contribution in [2.24, 2.45) is 0 Å². The second kappa shape index (κ2) is 64.1. The molecule has 0 aliphatic carbocycles. The van der Waals surface area contributed by atoms with Crippen LogP contribution < -0.4 is 5.32 Å². The van der Waals surface area contributed by atoms with Gasteiger partial charge < -0.3 is 65.1 Å². The number of aliphatic hydroxyl groups is 8. The smallest absolute Gasteiger partial charge is 0.220 e. The van der Waals surface area contributed by atoms with Crippen LogP contribution in [0.5, 0.6) is 0 Å². The second-order valence-corrected chi connectivity index (χ2v) is 26.8. The van der Waals surface area contributed by atoms with Crippen molar-refractivity contribution < 1.29 is 64.6 Å². The quantitative estimate of drug-likeness (QED) is 0.0204. The fourth-order valence-electron chi connectivity index (χ4n) is 12.2. The molecule has 12 atom stereocenters. The summed E-state index contributed by atoms with van der Waals surface area (Å²) in [6.45, 7) is 2.74. The Bertz CT molecular complexity index is 2010. The molecule has 0 aromatic heterocycles. The normalized spacial score (nSPS) is 23.0. The van der Waals surface area contributed by atoms with Crippen LogP contribution >= 0.6 is 0 Å². The summed E-state index contributed by atoms with van der Waals surface area (Å²) in [6.07, 6.45) is 75.5. The summed E-state index contributed by atoms with van der Waals surface area (Å²) in [4.78, 5) is 13.4. The summed E-state index contributed by atoms with van der Waals surface area (Å²) < 4.78 is 22.9. The van der Waals surface area contributed by atoms with E-state index in [0.29, 0.717) is 19.3 Å². The maximum absolute atomic E-state index is 13.4. The Morgan fingerprint density at radius 2 is 0.716 bits per heavy atom. The van der Waals surface area contributed by atoms with E-state index in [9.17, 15) is 45.6 Å². The average Bonchev–Trinajstić information content (AvgIpc) is 0.801. The van der Waals surface area contributed by atoms with Crippen molar-refractivity contribution in [1.29, 1.82) is 0 Å². The van der Waals surface area contributed by atoms with Crippen molar-refractivity contribution in [1.82, 2.24) is 5.32 Å². The monoisotopic (exact) mass is 1340 g/mol. The highest BCUT2D eigenvalue weighted by atomic mass is 16.7. The number of allylic oxidation sites excluding steroid dienone is 18. The molecule has 2 aliphatic rings. The van der Waals surface area contributed by atoms with Crippen molar-refractivity contribution in [2.45, 2.75) is 376 Å². The third-order valence-corrected chi connectivity index (χ3v) is 18.3. The predicted molar refractivity (Wildman–Crippen MR) is 392 cm³/mol. The van der Waals surface area contributed by atoms with Crippen molar-refractivity contribution in [3.8, 4) is 0 Å². The molecule has 2 aliphatic heterocycles. The summed E-state index contributed by atoms with van der Waals surface area (Å²) in [5.41, 5.74) is 0. The lowest BCUT2D eigenvalue weighted by molar-refractivity contribution is -0.359. The zero-order valence-electron chi connectivity index (χ0n) is 59.9. The van der Waals surface area contributed by atoms with Gasteiger partial charge in [-0.25, -0.2) is 0 Å². The molecule has 12 unspecified atom stereocenters. The summed E-state index contributed by atoms with van der Waals surface area (Å²) in [5.74, 6) is -0.265. The lowest BCUT2D eigenvalue weighted by atomic mass is 9.97. The maximum atomic E-state index is 13.4. The van der Waals surface area contributed by atoms with Crippen LogP contribution in [0.4, 0.5) is 0 Å². The van der Waals surface area contributed by atoms with Crippen LogP contribution in [-0.2, 0) is 23.7 Å². The molecule has 548 valence electrons. The highest BCUT2D eigenvalue weighted by Crippen LogP contribution is 2.30. The number of carbonyl (C=O) groups excluding carboxylic acids is 1. The van der Waals surface area contributed by atoms with E-state index < -0.39 is 86.8 Å².